The first-order valence-corrected chi connectivity index (χ1v) is 22.0. The standard InChI is InChI=1S/C32H59N5O3SSi2/c1-19(2)42(20(3)4,21(5)6)38-16-27-26(40-43(22(7)8,23(9)10)24(11)12)15-28(39-27)37-31-29(30(33)34-18-35-31)32(36-37)41-17-25-13-14-25/h18-28H,13-17H2,1-12H3,(H2,33,34,35)/t26-,27+,28+/m0/s1. The van der Waals surface area contributed by atoms with Crippen LogP contribution in [0.1, 0.15) is 109 Å². The molecule has 0 radical (unpaired) electrons. The van der Waals surface area contributed by atoms with E-state index in [4.69, 9.17) is 24.4 Å². The number of nitrogens with zero attached hydrogens (tertiary/aromatic N) is 4. The Balaban J connectivity index is 1.72. The van der Waals surface area contributed by atoms with Gasteiger partial charge in [-0.05, 0) is 52.0 Å². The first-order valence-electron chi connectivity index (χ1n) is 16.7. The Morgan fingerprint density at radius 2 is 1.44 bits per heavy atom. The fourth-order valence-corrected chi connectivity index (χ4v) is 20.5. The van der Waals surface area contributed by atoms with E-state index in [1.54, 1.807) is 11.8 Å². The van der Waals surface area contributed by atoms with Crippen molar-refractivity contribution in [3.05, 3.63) is 6.33 Å². The molecular weight excluding hydrogens is 591 g/mol. The van der Waals surface area contributed by atoms with Gasteiger partial charge in [0.1, 0.15) is 23.3 Å². The van der Waals surface area contributed by atoms with Gasteiger partial charge in [-0.2, -0.15) is 5.10 Å². The zero-order valence-electron chi connectivity index (χ0n) is 28.9. The summed E-state index contributed by atoms with van der Waals surface area (Å²) in [6, 6.07) is 0. The van der Waals surface area contributed by atoms with Crippen molar-refractivity contribution in [3.63, 3.8) is 0 Å². The highest BCUT2D eigenvalue weighted by Crippen LogP contribution is 2.48. The quantitative estimate of drug-likeness (QED) is 0.151. The lowest BCUT2D eigenvalue weighted by molar-refractivity contribution is -0.0438. The van der Waals surface area contributed by atoms with Gasteiger partial charge in [0.25, 0.3) is 0 Å². The Kier molecular flexibility index (Phi) is 11.2. The number of hydrogen-bond acceptors (Lipinski definition) is 8. The third-order valence-electron chi connectivity index (χ3n) is 10.4. The van der Waals surface area contributed by atoms with Crippen molar-refractivity contribution in [1.82, 2.24) is 19.7 Å². The summed E-state index contributed by atoms with van der Waals surface area (Å²) in [5, 5.41) is 6.84. The Morgan fingerprint density at radius 3 is 1.95 bits per heavy atom. The lowest BCUT2D eigenvalue weighted by atomic mass is 10.2. The summed E-state index contributed by atoms with van der Waals surface area (Å²) < 4.78 is 23.6. The van der Waals surface area contributed by atoms with Crippen molar-refractivity contribution >= 4 is 45.2 Å². The molecule has 0 bridgehead atoms. The second kappa shape index (κ2) is 13.8. The number of fused-ring (bicyclic) bond motifs is 1. The normalized spacial score (nSPS) is 22.1. The first-order chi connectivity index (χ1) is 20.2. The molecule has 4 rings (SSSR count). The maximum atomic E-state index is 7.47. The summed E-state index contributed by atoms with van der Waals surface area (Å²) in [5.41, 5.74) is 10.1. The summed E-state index contributed by atoms with van der Waals surface area (Å²) in [5.74, 6) is 2.30. The molecule has 244 valence electrons. The molecule has 2 N–H and O–H groups in total. The summed E-state index contributed by atoms with van der Waals surface area (Å²) in [6.07, 6.45) is 4.27. The molecule has 0 amide bonds. The molecule has 1 saturated carbocycles. The molecule has 1 aliphatic carbocycles. The van der Waals surface area contributed by atoms with Crippen molar-refractivity contribution in [2.75, 3.05) is 18.1 Å². The van der Waals surface area contributed by atoms with Gasteiger partial charge in [0, 0.05) is 12.2 Å². The zero-order chi connectivity index (χ0) is 31.9. The van der Waals surface area contributed by atoms with Crippen molar-refractivity contribution in [1.29, 1.82) is 0 Å². The zero-order valence-corrected chi connectivity index (χ0v) is 31.7. The number of nitrogen functional groups attached to an aromatic ring is 1. The molecule has 1 aliphatic heterocycles. The van der Waals surface area contributed by atoms with Gasteiger partial charge >= 0.3 is 0 Å². The van der Waals surface area contributed by atoms with E-state index in [2.05, 4.69) is 93.1 Å². The van der Waals surface area contributed by atoms with Crippen molar-refractivity contribution in [2.24, 2.45) is 5.92 Å². The van der Waals surface area contributed by atoms with Crippen LogP contribution in [0.4, 0.5) is 5.82 Å². The molecule has 8 nitrogen and oxygen atoms in total. The van der Waals surface area contributed by atoms with Crippen molar-refractivity contribution in [2.45, 2.75) is 159 Å². The van der Waals surface area contributed by atoms with Gasteiger partial charge in [-0.3, -0.25) is 0 Å². The second-order valence-electron chi connectivity index (χ2n) is 14.9. The van der Waals surface area contributed by atoms with E-state index < -0.39 is 16.6 Å². The summed E-state index contributed by atoms with van der Waals surface area (Å²) in [7, 11) is -4.28. The monoisotopic (exact) mass is 649 g/mol. The van der Waals surface area contributed by atoms with Gasteiger partial charge in [0.15, 0.2) is 20.2 Å². The maximum absolute atomic E-state index is 7.47. The highest BCUT2D eigenvalue weighted by atomic mass is 32.2. The number of anilines is 1. The van der Waals surface area contributed by atoms with Crippen LogP contribution in [0.25, 0.3) is 11.0 Å². The molecule has 2 fully saturated rings. The van der Waals surface area contributed by atoms with Gasteiger partial charge in [-0.25, -0.2) is 14.6 Å². The van der Waals surface area contributed by atoms with Crippen LogP contribution in [0.3, 0.4) is 0 Å². The number of nitrogens with two attached hydrogens (primary N) is 1. The van der Waals surface area contributed by atoms with Gasteiger partial charge in [-0.15, -0.1) is 11.8 Å². The van der Waals surface area contributed by atoms with Crippen LogP contribution in [0, 0.1) is 5.92 Å². The van der Waals surface area contributed by atoms with Gasteiger partial charge in [0.05, 0.1) is 18.1 Å². The minimum Gasteiger partial charge on any atom is -0.413 e. The molecular formula is C32H59N5O3SSi2. The van der Waals surface area contributed by atoms with E-state index in [-0.39, 0.29) is 18.4 Å². The number of aromatic nitrogens is 4. The number of rotatable bonds is 15. The van der Waals surface area contributed by atoms with Crippen molar-refractivity contribution < 1.29 is 13.6 Å². The smallest absolute Gasteiger partial charge is 0.200 e. The van der Waals surface area contributed by atoms with Crippen LogP contribution in [-0.2, 0) is 13.6 Å². The fraction of sp³-hybridized carbons (Fsp3) is 0.844. The largest absolute Gasteiger partial charge is 0.413 e. The van der Waals surface area contributed by atoms with Crippen LogP contribution >= 0.6 is 11.8 Å². The molecule has 0 spiro atoms. The SMILES string of the molecule is CC(C)[Si](OC[C@H]1O[C@@H](n2nc(SCC3CC3)c3c(N)ncnc32)C[C@@H]1O[Si](C(C)C)(C(C)C)C(C)C)(C(C)C)C(C)C. The van der Waals surface area contributed by atoms with Crippen LogP contribution in [0.15, 0.2) is 11.4 Å². The van der Waals surface area contributed by atoms with E-state index >= 15 is 0 Å². The third-order valence-corrected chi connectivity index (χ3v) is 23.8. The minimum atomic E-state index is -2.18. The number of hydrogen-bond donors (Lipinski definition) is 1. The van der Waals surface area contributed by atoms with E-state index in [0.717, 1.165) is 27.7 Å². The molecule has 2 aliphatic rings. The summed E-state index contributed by atoms with van der Waals surface area (Å²) >= 11 is 1.77. The van der Waals surface area contributed by atoms with E-state index in [1.807, 2.05) is 4.68 Å². The molecule has 1 saturated heterocycles. The second-order valence-corrected chi connectivity index (χ2v) is 26.8. The third kappa shape index (κ3) is 6.77. The lowest BCUT2D eigenvalue weighted by Crippen LogP contribution is -2.53. The Morgan fingerprint density at radius 1 is 0.884 bits per heavy atom. The highest BCUT2D eigenvalue weighted by Gasteiger charge is 2.52. The van der Waals surface area contributed by atoms with E-state index in [1.165, 1.54) is 19.2 Å². The van der Waals surface area contributed by atoms with E-state index in [9.17, 15) is 0 Å². The number of ether oxygens (including phenoxy) is 1. The van der Waals surface area contributed by atoms with E-state index in [0.29, 0.717) is 52.1 Å². The molecule has 11 heteroatoms. The topological polar surface area (TPSA) is 97.3 Å². The predicted octanol–water partition coefficient (Wildman–Crippen LogP) is 8.95. The van der Waals surface area contributed by atoms with Crippen LogP contribution in [-0.4, -0.2) is 61.0 Å². The summed E-state index contributed by atoms with van der Waals surface area (Å²) in [6.45, 7) is 28.7. The first kappa shape index (κ1) is 34.9. The molecule has 2 aromatic heterocycles. The van der Waals surface area contributed by atoms with Gasteiger partial charge < -0.3 is 19.3 Å². The molecule has 3 atom stereocenters. The Hall–Kier alpha value is -0.986. The molecule has 2 aromatic rings. The predicted molar refractivity (Wildman–Crippen MR) is 185 cm³/mol. The van der Waals surface area contributed by atoms with Crippen LogP contribution in [0.5, 0.6) is 0 Å². The Labute approximate surface area is 267 Å². The number of thioether (sulfide) groups is 1. The average molecular weight is 650 g/mol. The van der Waals surface area contributed by atoms with Gasteiger partial charge in [-0.1, -0.05) is 83.1 Å². The molecule has 3 heterocycles. The fourth-order valence-electron chi connectivity index (χ4n) is 8.27. The molecule has 43 heavy (non-hydrogen) atoms. The Bertz CT molecular complexity index is 1170. The average Bonchev–Trinajstić information content (AvgIpc) is 3.54. The summed E-state index contributed by atoms with van der Waals surface area (Å²) in [4.78, 5) is 8.99. The van der Waals surface area contributed by atoms with Gasteiger partial charge in [0.2, 0.25) is 8.32 Å². The highest BCUT2D eigenvalue weighted by molar-refractivity contribution is 7.99. The molecule has 0 unspecified atom stereocenters. The maximum Gasteiger partial charge on any atom is 0.200 e. The lowest BCUT2D eigenvalue weighted by Gasteiger charge is -2.45. The molecule has 0 aromatic carbocycles. The van der Waals surface area contributed by atoms with Crippen LogP contribution < -0.4 is 5.73 Å². The van der Waals surface area contributed by atoms with Crippen molar-refractivity contribution in [3.8, 4) is 0 Å². The van der Waals surface area contributed by atoms with Crippen LogP contribution in [0.2, 0.25) is 33.2 Å². The minimum absolute atomic E-state index is 0.0805.